The van der Waals surface area contributed by atoms with Gasteiger partial charge in [-0.1, -0.05) is 0 Å². The molecule has 0 aromatic carbocycles. The van der Waals surface area contributed by atoms with E-state index in [0.717, 1.165) is 10.9 Å². The third-order valence-electron chi connectivity index (χ3n) is 1.75. The first-order chi connectivity index (χ1) is 7.35. The second-order valence-corrected chi connectivity index (χ2v) is 3.16. The van der Waals surface area contributed by atoms with Gasteiger partial charge in [-0.05, 0) is 0 Å². The number of rotatable bonds is 5. The molecule has 0 radical (unpaired) electrons. The lowest BCUT2D eigenvalue weighted by Gasteiger charge is -2.12. The summed E-state index contributed by atoms with van der Waals surface area (Å²) in [6.45, 7) is -2.25. The van der Waals surface area contributed by atoms with E-state index in [1.54, 1.807) is 0 Å². The lowest BCUT2D eigenvalue weighted by molar-refractivity contribution is -0.384. The first-order valence-electron chi connectivity index (χ1n) is 4.26. The van der Waals surface area contributed by atoms with Gasteiger partial charge in [-0.3, -0.25) is 14.8 Å². The average Bonchev–Trinajstić information content (AvgIpc) is 2.57. The standard InChI is InChI=1S/C7H10F2N4O3/c1-12-2-5(13(15)16)6(11-12)10-3-7(8,9)4-14/h2,14H,3-4H2,1H3,(H,10,11). The van der Waals surface area contributed by atoms with Crippen LogP contribution >= 0.6 is 0 Å². The molecular formula is C7H10F2N4O3. The van der Waals surface area contributed by atoms with Crippen molar-refractivity contribution in [3.05, 3.63) is 16.3 Å². The van der Waals surface area contributed by atoms with Crippen LogP contribution in [0.3, 0.4) is 0 Å². The van der Waals surface area contributed by atoms with Gasteiger partial charge in [0.05, 0.1) is 11.5 Å². The van der Waals surface area contributed by atoms with Crippen molar-refractivity contribution < 1.29 is 18.8 Å². The Morgan fingerprint density at radius 3 is 2.88 bits per heavy atom. The highest BCUT2D eigenvalue weighted by atomic mass is 19.3. The van der Waals surface area contributed by atoms with Gasteiger partial charge >= 0.3 is 5.69 Å². The van der Waals surface area contributed by atoms with Gasteiger partial charge in [-0.15, -0.1) is 5.10 Å². The first kappa shape index (κ1) is 12.3. The molecule has 0 aliphatic heterocycles. The Bertz CT molecular complexity index is 393. The predicted octanol–water partition coefficient (Wildman–Crippen LogP) is 0.368. The minimum absolute atomic E-state index is 0.249. The van der Waals surface area contributed by atoms with Crippen LogP contribution < -0.4 is 5.32 Å². The van der Waals surface area contributed by atoms with Crippen molar-refractivity contribution in [1.29, 1.82) is 0 Å². The summed E-state index contributed by atoms with van der Waals surface area (Å²) < 4.78 is 26.5. The number of nitrogens with zero attached hydrogens (tertiary/aromatic N) is 3. The number of nitrogens with one attached hydrogen (secondary N) is 1. The number of nitro groups is 1. The Morgan fingerprint density at radius 1 is 1.75 bits per heavy atom. The third kappa shape index (κ3) is 2.86. The fraction of sp³-hybridized carbons (Fsp3) is 0.571. The minimum Gasteiger partial charge on any atom is -0.390 e. The number of aliphatic hydroxyl groups is 1. The molecule has 1 heterocycles. The van der Waals surface area contributed by atoms with E-state index < -0.39 is 29.7 Å². The molecule has 0 aliphatic rings. The van der Waals surface area contributed by atoms with Crippen LogP contribution in [-0.4, -0.2) is 38.9 Å². The van der Waals surface area contributed by atoms with Crippen LogP contribution in [0.5, 0.6) is 0 Å². The van der Waals surface area contributed by atoms with Crippen LogP contribution in [0, 0.1) is 10.1 Å². The second-order valence-electron chi connectivity index (χ2n) is 3.16. The highest BCUT2D eigenvalue weighted by molar-refractivity contribution is 5.54. The summed E-state index contributed by atoms with van der Waals surface area (Å²) in [6, 6.07) is 0. The van der Waals surface area contributed by atoms with E-state index >= 15 is 0 Å². The molecular weight excluding hydrogens is 226 g/mol. The largest absolute Gasteiger partial charge is 0.390 e. The van der Waals surface area contributed by atoms with Gasteiger partial charge in [-0.25, -0.2) is 8.78 Å². The van der Waals surface area contributed by atoms with Gasteiger partial charge in [0.15, 0.2) is 0 Å². The number of aromatic nitrogens is 2. The zero-order valence-electron chi connectivity index (χ0n) is 8.35. The van der Waals surface area contributed by atoms with Crippen LogP contribution in [-0.2, 0) is 7.05 Å². The molecule has 0 unspecified atom stereocenters. The van der Waals surface area contributed by atoms with Crippen LogP contribution in [0.2, 0.25) is 0 Å². The molecule has 1 aromatic rings. The summed E-state index contributed by atoms with van der Waals surface area (Å²) in [4.78, 5) is 9.77. The smallest absolute Gasteiger partial charge is 0.330 e. The predicted molar refractivity (Wildman–Crippen MR) is 50.4 cm³/mol. The normalized spacial score (nSPS) is 11.5. The number of anilines is 1. The van der Waals surface area contributed by atoms with Crippen LogP contribution in [0.4, 0.5) is 20.3 Å². The maximum Gasteiger partial charge on any atom is 0.330 e. The summed E-state index contributed by atoms with van der Waals surface area (Å²) in [6.07, 6.45) is 1.10. The van der Waals surface area contributed by atoms with E-state index in [0.29, 0.717) is 0 Å². The number of alkyl halides is 2. The molecule has 16 heavy (non-hydrogen) atoms. The quantitative estimate of drug-likeness (QED) is 0.569. The van der Waals surface area contributed by atoms with E-state index in [-0.39, 0.29) is 5.82 Å². The van der Waals surface area contributed by atoms with Crippen LogP contribution in [0.1, 0.15) is 0 Å². The Balaban J connectivity index is 2.77. The van der Waals surface area contributed by atoms with Gasteiger partial charge < -0.3 is 10.4 Å². The summed E-state index contributed by atoms with van der Waals surface area (Å²) in [5.74, 6) is -3.59. The Hall–Kier alpha value is -1.77. The van der Waals surface area contributed by atoms with Crippen molar-refractivity contribution in [2.24, 2.45) is 7.05 Å². The van der Waals surface area contributed by atoms with Crippen LogP contribution in [0.15, 0.2) is 6.20 Å². The number of aryl methyl sites for hydroxylation is 1. The van der Waals surface area contributed by atoms with Crippen molar-refractivity contribution >= 4 is 11.5 Å². The third-order valence-corrected chi connectivity index (χ3v) is 1.75. The Kier molecular flexibility index (Phi) is 3.38. The molecule has 0 fully saturated rings. The summed E-state index contributed by atoms with van der Waals surface area (Å²) in [5.41, 5.74) is -0.392. The first-order valence-corrected chi connectivity index (χ1v) is 4.26. The van der Waals surface area contributed by atoms with Gasteiger partial charge in [-0.2, -0.15) is 0 Å². The lowest BCUT2D eigenvalue weighted by atomic mass is 10.3. The topological polar surface area (TPSA) is 93.2 Å². The SMILES string of the molecule is Cn1cc([N+](=O)[O-])c(NCC(F)(F)CO)n1. The van der Waals surface area contributed by atoms with Gasteiger partial charge in [0, 0.05) is 7.05 Å². The van der Waals surface area contributed by atoms with E-state index in [4.69, 9.17) is 5.11 Å². The van der Waals surface area contributed by atoms with Crippen molar-refractivity contribution in [1.82, 2.24) is 9.78 Å². The molecule has 0 atom stereocenters. The van der Waals surface area contributed by atoms with Gasteiger partial charge in [0.25, 0.3) is 5.92 Å². The maximum atomic E-state index is 12.7. The molecule has 1 aromatic heterocycles. The van der Waals surface area contributed by atoms with Gasteiger partial charge in [0.1, 0.15) is 12.8 Å². The minimum atomic E-state index is -3.34. The molecule has 90 valence electrons. The Morgan fingerprint density at radius 2 is 2.38 bits per heavy atom. The molecule has 0 saturated carbocycles. The van der Waals surface area contributed by atoms with Crippen molar-refractivity contribution in [3.8, 4) is 0 Å². The fourth-order valence-electron chi connectivity index (χ4n) is 1.00. The van der Waals surface area contributed by atoms with E-state index in [9.17, 15) is 18.9 Å². The van der Waals surface area contributed by atoms with Crippen molar-refractivity contribution in [2.45, 2.75) is 5.92 Å². The lowest BCUT2D eigenvalue weighted by Crippen LogP contribution is -2.31. The summed E-state index contributed by atoms with van der Waals surface area (Å²) in [7, 11) is 1.43. The fourth-order valence-corrected chi connectivity index (χ4v) is 1.00. The number of hydrogen-bond acceptors (Lipinski definition) is 5. The Labute approximate surface area is 88.8 Å². The molecule has 9 heteroatoms. The number of halogens is 2. The molecule has 7 nitrogen and oxygen atoms in total. The molecule has 2 N–H and O–H groups in total. The van der Waals surface area contributed by atoms with Crippen molar-refractivity contribution in [3.63, 3.8) is 0 Å². The molecule has 1 rings (SSSR count). The van der Waals surface area contributed by atoms with E-state index in [1.807, 2.05) is 0 Å². The number of aliphatic hydroxyl groups excluding tert-OH is 1. The maximum absolute atomic E-state index is 12.7. The molecule has 0 bridgehead atoms. The highest BCUT2D eigenvalue weighted by Crippen LogP contribution is 2.23. The molecule has 0 saturated heterocycles. The molecule has 0 amide bonds. The van der Waals surface area contributed by atoms with Gasteiger partial charge in [0.2, 0.25) is 5.82 Å². The van der Waals surface area contributed by atoms with Crippen molar-refractivity contribution in [2.75, 3.05) is 18.5 Å². The zero-order valence-corrected chi connectivity index (χ0v) is 8.35. The monoisotopic (exact) mass is 236 g/mol. The second kappa shape index (κ2) is 4.39. The number of hydrogen-bond donors (Lipinski definition) is 2. The van der Waals surface area contributed by atoms with E-state index in [2.05, 4.69) is 10.4 Å². The summed E-state index contributed by atoms with van der Waals surface area (Å²) in [5, 5.41) is 24.6. The zero-order chi connectivity index (χ0) is 12.3. The van der Waals surface area contributed by atoms with E-state index in [1.165, 1.54) is 7.05 Å². The van der Waals surface area contributed by atoms with Crippen LogP contribution in [0.25, 0.3) is 0 Å². The molecule has 0 spiro atoms. The molecule has 0 aliphatic carbocycles. The summed E-state index contributed by atoms with van der Waals surface area (Å²) >= 11 is 0. The average molecular weight is 236 g/mol. The highest BCUT2D eigenvalue weighted by Gasteiger charge is 2.29.